The van der Waals surface area contributed by atoms with Gasteiger partial charge in [0, 0.05) is 17.3 Å². The summed E-state index contributed by atoms with van der Waals surface area (Å²) in [5.74, 6) is -1.94. The minimum absolute atomic E-state index is 0.263. The van der Waals surface area contributed by atoms with Gasteiger partial charge in [0.1, 0.15) is 0 Å². The zero-order valence-electron chi connectivity index (χ0n) is 11.0. The van der Waals surface area contributed by atoms with Gasteiger partial charge in [0.2, 0.25) is 0 Å². The maximum absolute atomic E-state index is 13.0. The van der Waals surface area contributed by atoms with Crippen molar-refractivity contribution in [3.8, 4) is 0 Å². The van der Waals surface area contributed by atoms with Gasteiger partial charge in [0.05, 0.1) is 11.3 Å². The summed E-state index contributed by atoms with van der Waals surface area (Å²) in [5, 5.41) is 0. The summed E-state index contributed by atoms with van der Waals surface area (Å²) in [5.41, 5.74) is 8.03. The number of aromatic nitrogens is 1. The quantitative estimate of drug-likeness (QED) is 0.847. The number of ketones is 1. The van der Waals surface area contributed by atoms with Crippen molar-refractivity contribution in [3.05, 3.63) is 58.9 Å². The van der Waals surface area contributed by atoms with Crippen LogP contribution in [0.25, 0.3) is 0 Å². The van der Waals surface area contributed by atoms with Crippen molar-refractivity contribution >= 4 is 17.4 Å². The highest BCUT2D eigenvalue weighted by molar-refractivity contribution is 6.15. The fourth-order valence-electron chi connectivity index (χ4n) is 1.94. The molecule has 8 heteroatoms. The molecule has 22 heavy (non-hydrogen) atoms. The predicted molar refractivity (Wildman–Crippen MR) is 72.0 cm³/mol. The van der Waals surface area contributed by atoms with E-state index in [1.807, 2.05) is 0 Å². The number of carbonyl (C=O) groups is 2. The molecule has 0 bridgehead atoms. The van der Waals surface area contributed by atoms with Gasteiger partial charge in [0.15, 0.2) is 11.5 Å². The Morgan fingerprint density at radius 1 is 1.05 bits per heavy atom. The molecule has 5 nitrogen and oxygen atoms in total. The van der Waals surface area contributed by atoms with Crippen LogP contribution in [0, 0.1) is 0 Å². The van der Waals surface area contributed by atoms with Gasteiger partial charge in [-0.1, -0.05) is 18.2 Å². The summed E-state index contributed by atoms with van der Waals surface area (Å²) >= 11 is 0. The number of alkyl halides is 3. The fourth-order valence-corrected chi connectivity index (χ4v) is 1.94. The molecule has 0 radical (unpaired) electrons. The van der Waals surface area contributed by atoms with Gasteiger partial charge in [-0.2, -0.15) is 13.2 Å². The van der Waals surface area contributed by atoms with Crippen LogP contribution in [0.3, 0.4) is 0 Å². The van der Waals surface area contributed by atoms with Crippen molar-refractivity contribution in [2.75, 3.05) is 5.73 Å². The second-order valence-corrected chi connectivity index (χ2v) is 4.36. The number of benzene rings is 1. The number of rotatable bonds is 3. The van der Waals surface area contributed by atoms with Gasteiger partial charge in [-0.25, -0.2) is 4.98 Å². The fraction of sp³-hybridized carbons (Fsp3) is 0.0714. The average molecular weight is 309 g/mol. The zero-order chi connectivity index (χ0) is 16.5. The molecule has 1 heterocycles. The van der Waals surface area contributed by atoms with E-state index in [0.717, 1.165) is 24.4 Å². The molecule has 0 unspecified atom stereocenters. The van der Waals surface area contributed by atoms with Crippen LogP contribution in [0.2, 0.25) is 0 Å². The van der Waals surface area contributed by atoms with Crippen LogP contribution < -0.4 is 11.5 Å². The highest BCUT2D eigenvalue weighted by Gasteiger charge is 2.35. The average Bonchev–Trinajstić information content (AvgIpc) is 2.45. The third kappa shape index (κ3) is 2.76. The molecule has 1 aromatic carbocycles. The number of primary amides is 1. The van der Waals surface area contributed by atoms with Crippen LogP contribution in [-0.4, -0.2) is 16.7 Å². The van der Waals surface area contributed by atoms with Crippen LogP contribution >= 0.6 is 0 Å². The lowest BCUT2D eigenvalue weighted by Gasteiger charge is -2.13. The van der Waals surface area contributed by atoms with Crippen molar-refractivity contribution in [1.29, 1.82) is 0 Å². The van der Waals surface area contributed by atoms with Crippen molar-refractivity contribution in [1.82, 2.24) is 4.98 Å². The molecule has 1 aromatic heterocycles. The van der Waals surface area contributed by atoms with Gasteiger partial charge in [0.25, 0.3) is 5.91 Å². The Morgan fingerprint density at radius 2 is 1.68 bits per heavy atom. The molecular weight excluding hydrogens is 299 g/mol. The third-order valence-corrected chi connectivity index (χ3v) is 2.95. The van der Waals surface area contributed by atoms with Crippen molar-refractivity contribution < 1.29 is 22.8 Å². The second kappa shape index (κ2) is 5.47. The van der Waals surface area contributed by atoms with Gasteiger partial charge in [-0.15, -0.1) is 0 Å². The van der Waals surface area contributed by atoms with E-state index >= 15 is 0 Å². The zero-order valence-corrected chi connectivity index (χ0v) is 11.0. The highest BCUT2D eigenvalue weighted by atomic mass is 19.4. The molecule has 0 aliphatic rings. The van der Waals surface area contributed by atoms with Gasteiger partial charge in [-0.05, 0) is 12.1 Å². The molecular formula is C14H10F3N3O2. The standard InChI is InChI=1S/C14H10F3N3O2/c15-14(16,17)9-4-2-1-3-7(9)12(21)8-5-6-20-11(10(8)18)13(19)22/h1-6H,18H2,(H2,19,22). The minimum Gasteiger partial charge on any atom is -0.396 e. The lowest BCUT2D eigenvalue weighted by Crippen LogP contribution is -2.19. The molecule has 0 aliphatic heterocycles. The van der Waals surface area contributed by atoms with E-state index in [9.17, 15) is 22.8 Å². The van der Waals surface area contributed by atoms with E-state index in [-0.39, 0.29) is 16.9 Å². The molecule has 2 rings (SSSR count). The number of hydrogen-bond acceptors (Lipinski definition) is 4. The van der Waals surface area contributed by atoms with E-state index in [1.165, 1.54) is 12.1 Å². The molecule has 1 amide bonds. The summed E-state index contributed by atoms with van der Waals surface area (Å²) in [4.78, 5) is 27.1. The summed E-state index contributed by atoms with van der Waals surface area (Å²) in [6.07, 6.45) is -3.61. The van der Waals surface area contributed by atoms with Gasteiger partial charge in [-0.3, -0.25) is 9.59 Å². The summed E-state index contributed by atoms with van der Waals surface area (Å²) in [6.45, 7) is 0. The second-order valence-electron chi connectivity index (χ2n) is 4.36. The lowest BCUT2D eigenvalue weighted by atomic mass is 9.97. The van der Waals surface area contributed by atoms with Crippen LogP contribution in [0.15, 0.2) is 36.5 Å². The van der Waals surface area contributed by atoms with Crippen LogP contribution in [0.1, 0.15) is 32.0 Å². The van der Waals surface area contributed by atoms with E-state index < -0.39 is 29.0 Å². The number of nitrogens with two attached hydrogens (primary N) is 2. The first-order valence-electron chi connectivity index (χ1n) is 5.98. The highest BCUT2D eigenvalue weighted by Crippen LogP contribution is 2.33. The largest absolute Gasteiger partial charge is 0.417 e. The van der Waals surface area contributed by atoms with E-state index in [1.54, 1.807) is 0 Å². The number of hydrogen-bond donors (Lipinski definition) is 2. The number of carbonyl (C=O) groups excluding carboxylic acids is 2. The third-order valence-electron chi connectivity index (χ3n) is 2.95. The normalized spacial score (nSPS) is 11.2. The molecule has 114 valence electrons. The van der Waals surface area contributed by atoms with Crippen LogP contribution in [0.4, 0.5) is 18.9 Å². The summed E-state index contributed by atoms with van der Waals surface area (Å²) in [6, 6.07) is 5.44. The topological polar surface area (TPSA) is 99.1 Å². The van der Waals surface area contributed by atoms with Crippen molar-refractivity contribution in [2.45, 2.75) is 6.18 Å². The number of nitrogen functional groups attached to an aromatic ring is 1. The molecule has 0 saturated heterocycles. The monoisotopic (exact) mass is 309 g/mol. The Kier molecular flexibility index (Phi) is 3.85. The Hall–Kier alpha value is -2.90. The van der Waals surface area contributed by atoms with E-state index in [0.29, 0.717) is 0 Å². The lowest BCUT2D eigenvalue weighted by molar-refractivity contribution is -0.137. The Bertz CT molecular complexity index is 757. The predicted octanol–water partition coefficient (Wildman–Crippen LogP) is 2.01. The number of pyridine rings is 1. The summed E-state index contributed by atoms with van der Waals surface area (Å²) < 4.78 is 38.9. The van der Waals surface area contributed by atoms with Crippen LogP contribution in [-0.2, 0) is 6.18 Å². The molecule has 0 atom stereocenters. The maximum atomic E-state index is 13.0. The molecule has 4 N–H and O–H groups in total. The van der Waals surface area contributed by atoms with Gasteiger partial charge >= 0.3 is 6.18 Å². The van der Waals surface area contributed by atoms with E-state index in [4.69, 9.17) is 11.5 Å². The smallest absolute Gasteiger partial charge is 0.396 e. The first-order valence-corrected chi connectivity index (χ1v) is 5.98. The number of amides is 1. The minimum atomic E-state index is -4.69. The first kappa shape index (κ1) is 15.5. The van der Waals surface area contributed by atoms with Crippen molar-refractivity contribution in [3.63, 3.8) is 0 Å². The Morgan fingerprint density at radius 3 is 2.27 bits per heavy atom. The first-order chi connectivity index (χ1) is 10.2. The molecule has 0 saturated carbocycles. The number of anilines is 1. The Balaban J connectivity index is 2.60. The summed E-state index contributed by atoms with van der Waals surface area (Å²) in [7, 11) is 0. The van der Waals surface area contributed by atoms with Gasteiger partial charge < -0.3 is 11.5 Å². The number of halogens is 3. The molecule has 0 spiro atoms. The van der Waals surface area contributed by atoms with Crippen LogP contribution in [0.5, 0.6) is 0 Å². The SMILES string of the molecule is NC(=O)c1nccc(C(=O)c2ccccc2C(F)(F)F)c1N. The van der Waals surface area contributed by atoms with Crippen molar-refractivity contribution in [2.24, 2.45) is 5.73 Å². The molecule has 0 aliphatic carbocycles. The molecule has 0 fully saturated rings. The molecule has 2 aromatic rings. The van der Waals surface area contributed by atoms with E-state index in [2.05, 4.69) is 4.98 Å². The Labute approximate surface area is 122 Å². The maximum Gasteiger partial charge on any atom is 0.417 e. The number of nitrogens with zero attached hydrogens (tertiary/aromatic N) is 1.